The van der Waals surface area contributed by atoms with Gasteiger partial charge >= 0.3 is 0 Å². The van der Waals surface area contributed by atoms with Crippen molar-refractivity contribution in [3.8, 4) is 0 Å². The second-order valence-electron chi connectivity index (χ2n) is 5.60. The van der Waals surface area contributed by atoms with Crippen molar-refractivity contribution in [2.75, 3.05) is 13.1 Å². The average Bonchev–Trinajstić information content (AvgIpc) is 2.93. The summed E-state index contributed by atoms with van der Waals surface area (Å²) in [6, 6.07) is 2.09. The highest BCUT2D eigenvalue weighted by atomic mass is 32.1. The highest BCUT2D eigenvalue weighted by Crippen LogP contribution is 2.33. The number of hydrogen-bond donors (Lipinski definition) is 1. The smallest absolute Gasteiger partial charge is 0.264 e. The molecule has 1 N–H and O–H groups in total. The van der Waals surface area contributed by atoms with E-state index >= 15 is 0 Å². The third kappa shape index (κ3) is 2.19. The Hall–Kier alpha value is -0.870. The van der Waals surface area contributed by atoms with Crippen LogP contribution < -0.4 is 0 Å². The number of carbonyl (C=O) groups is 1. The molecule has 1 aliphatic heterocycles. The zero-order chi connectivity index (χ0) is 12.7. The predicted molar refractivity (Wildman–Crippen MR) is 72.0 cm³/mol. The normalized spacial score (nSPS) is 27.3. The second kappa shape index (κ2) is 4.67. The van der Waals surface area contributed by atoms with Crippen molar-refractivity contribution in [1.82, 2.24) is 4.90 Å². The summed E-state index contributed by atoms with van der Waals surface area (Å²) in [5.74, 6) is 0.849. The number of nitrogens with zero attached hydrogens (tertiary/aromatic N) is 1. The first-order chi connectivity index (χ1) is 8.63. The molecule has 2 aliphatic rings. The van der Waals surface area contributed by atoms with Crippen molar-refractivity contribution in [2.45, 2.75) is 38.7 Å². The van der Waals surface area contributed by atoms with Crippen molar-refractivity contribution in [2.24, 2.45) is 5.92 Å². The van der Waals surface area contributed by atoms with Gasteiger partial charge in [0.25, 0.3) is 5.91 Å². The zero-order valence-corrected chi connectivity index (χ0v) is 11.5. The molecule has 98 valence electrons. The maximum Gasteiger partial charge on any atom is 0.264 e. The molecule has 1 amide bonds. The molecule has 1 fully saturated rings. The minimum absolute atomic E-state index is 0.110. The molecule has 1 aliphatic carbocycles. The first-order valence-electron chi connectivity index (χ1n) is 6.72. The second-order valence-corrected chi connectivity index (χ2v) is 6.74. The van der Waals surface area contributed by atoms with Gasteiger partial charge in [-0.25, -0.2) is 0 Å². The molecule has 3 rings (SSSR count). The number of likely N-dealkylation sites (tertiary alicyclic amines) is 1. The summed E-state index contributed by atoms with van der Waals surface area (Å²) >= 11 is 1.66. The van der Waals surface area contributed by atoms with Crippen LogP contribution in [0.4, 0.5) is 0 Å². The van der Waals surface area contributed by atoms with E-state index in [1.165, 1.54) is 16.9 Å². The van der Waals surface area contributed by atoms with Crippen LogP contribution >= 0.6 is 11.3 Å². The number of aliphatic hydroxyl groups is 1. The summed E-state index contributed by atoms with van der Waals surface area (Å²) in [6.45, 7) is 3.47. The molecule has 0 spiro atoms. The minimum atomic E-state index is -0.330. The maximum atomic E-state index is 12.3. The van der Waals surface area contributed by atoms with E-state index in [1.807, 2.05) is 0 Å². The van der Waals surface area contributed by atoms with Gasteiger partial charge in [-0.3, -0.25) is 4.79 Å². The molecule has 1 saturated heterocycles. The van der Waals surface area contributed by atoms with Gasteiger partial charge in [0.2, 0.25) is 0 Å². The lowest BCUT2D eigenvalue weighted by Crippen LogP contribution is -2.28. The lowest BCUT2D eigenvalue weighted by Gasteiger charge is -2.16. The third-order valence-electron chi connectivity index (χ3n) is 3.99. The summed E-state index contributed by atoms with van der Waals surface area (Å²) in [6.07, 6.45) is 3.86. The van der Waals surface area contributed by atoms with Crippen LogP contribution in [0.25, 0.3) is 0 Å². The van der Waals surface area contributed by atoms with Crippen molar-refractivity contribution in [1.29, 1.82) is 0 Å². The van der Waals surface area contributed by atoms with Crippen LogP contribution in [-0.4, -0.2) is 35.1 Å². The number of aryl methyl sites for hydroxylation is 1. The van der Waals surface area contributed by atoms with Crippen LogP contribution in [0.2, 0.25) is 0 Å². The average molecular weight is 265 g/mol. The van der Waals surface area contributed by atoms with E-state index in [9.17, 15) is 9.90 Å². The van der Waals surface area contributed by atoms with Gasteiger partial charge in [-0.1, -0.05) is 6.92 Å². The van der Waals surface area contributed by atoms with Crippen molar-refractivity contribution in [3.63, 3.8) is 0 Å². The standard InChI is InChI=1S/C14H19NO2S/c1-9-2-3-12-10(6-9)7-13(18-12)14(17)15-5-4-11(16)8-15/h7,9,11,16H,2-6,8H2,1H3. The molecular formula is C14H19NO2S. The van der Waals surface area contributed by atoms with Gasteiger partial charge in [-0.2, -0.15) is 0 Å². The number of rotatable bonds is 1. The number of β-amino-alcohol motifs (C(OH)–C–C–N with tert-alkyl or cyclic N) is 1. The fraction of sp³-hybridized carbons (Fsp3) is 0.643. The van der Waals surface area contributed by atoms with E-state index in [2.05, 4.69) is 13.0 Å². The fourth-order valence-corrected chi connectivity index (χ4v) is 4.07. The van der Waals surface area contributed by atoms with Crippen LogP contribution in [0, 0.1) is 5.92 Å². The van der Waals surface area contributed by atoms with E-state index in [0.29, 0.717) is 19.5 Å². The summed E-state index contributed by atoms with van der Waals surface area (Å²) in [7, 11) is 0. The Kier molecular flexibility index (Phi) is 3.16. The van der Waals surface area contributed by atoms with Gasteiger partial charge in [0.1, 0.15) is 0 Å². The topological polar surface area (TPSA) is 40.5 Å². The first kappa shape index (κ1) is 12.2. The molecule has 18 heavy (non-hydrogen) atoms. The highest BCUT2D eigenvalue weighted by molar-refractivity contribution is 7.14. The molecular weight excluding hydrogens is 246 g/mol. The fourth-order valence-electron chi connectivity index (χ4n) is 2.89. The molecule has 2 atom stereocenters. The van der Waals surface area contributed by atoms with Gasteiger partial charge in [0, 0.05) is 18.0 Å². The number of fused-ring (bicyclic) bond motifs is 1. The molecule has 1 aromatic rings. The molecule has 2 heterocycles. The van der Waals surface area contributed by atoms with Gasteiger partial charge < -0.3 is 10.0 Å². The first-order valence-corrected chi connectivity index (χ1v) is 7.54. The van der Waals surface area contributed by atoms with Crippen LogP contribution in [0.5, 0.6) is 0 Å². The molecule has 0 bridgehead atoms. The van der Waals surface area contributed by atoms with Gasteiger partial charge in [-0.15, -0.1) is 11.3 Å². The van der Waals surface area contributed by atoms with Gasteiger partial charge in [0.05, 0.1) is 11.0 Å². The Morgan fingerprint density at radius 3 is 3.06 bits per heavy atom. The molecule has 0 saturated carbocycles. The van der Waals surface area contributed by atoms with Crippen molar-refractivity contribution < 1.29 is 9.90 Å². The molecule has 0 aromatic carbocycles. The molecule has 2 unspecified atom stereocenters. The van der Waals surface area contributed by atoms with Crippen LogP contribution in [-0.2, 0) is 12.8 Å². The molecule has 0 radical (unpaired) electrons. The maximum absolute atomic E-state index is 12.3. The molecule has 3 nitrogen and oxygen atoms in total. The van der Waals surface area contributed by atoms with E-state index in [-0.39, 0.29) is 12.0 Å². The largest absolute Gasteiger partial charge is 0.391 e. The van der Waals surface area contributed by atoms with Gasteiger partial charge in [0.15, 0.2) is 0 Å². The van der Waals surface area contributed by atoms with Gasteiger partial charge in [-0.05, 0) is 43.2 Å². The number of hydrogen-bond acceptors (Lipinski definition) is 3. The summed E-state index contributed by atoms with van der Waals surface area (Å²) in [4.78, 5) is 16.4. The van der Waals surface area contributed by atoms with E-state index in [4.69, 9.17) is 0 Å². The lowest BCUT2D eigenvalue weighted by molar-refractivity contribution is 0.0769. The molecule has 1 aromatic heterocycles. The van der Waals surface area contributed by atoms with Crippen molar-refractivity contribution >= 4 is 17.2 Å². The van der Waals surface area contributed by atoms with E-state index in [0.717, 1.165) is 23.6 Å². The lowest BCUT2D eigenvalue weighted by atomic mass is 9.90. The van der Waals surface area contributed by atoms with E-state index in [1.54, 1.807) is 16.2 Å². The Bertz CT molecular complexity index is 468. The highest BCUT2D eigenvalue weighted by Gasteiger charge is 2.28. The quantitative estimate of drug-likeness (QED) is 0.844. The van der Waals surface area contributed by atoms with Crippen LogP contribution in [0.1, 0.15) is 39.9 Å². The summed E-state index contributed by atoms with van der Waals surface area (Å²) in [5.41, 5.74) is 1.38. The van der Waals surface area contributed by atoms with Crippen LogP contribution in [0.3, 0.4) is 0 Å². The molecule has 4 heteroatoms. The number of aliphatic hydroxyl groups excluding tert-OH is 1. The van der Waals surface area contributed by atoms with Crippen LogP contribution in [0.15, 0.2) is 6.07 Å². The Morgan fingerprint density at radius 1 is 1.50 bits per heavy atom. The number of thiophene rings is 1. The minimum Gasteiger partial charge on any atom is -0.391 e. The predicted octanol–water partition coefficient (Wildman–Crippen LogP) is 2.08. The zero-order valence-electron chi connectivity index (χ0n) is 10.7. The third-order valence-corrected chi connectivity index (χ3v) is 5.22. The number of amides is 1. The SMILES string of the molecule is CC1CCc2sc(C(=O)N3CCC(O)C3)cc2C1. The number of carbonyl (C=O) groups excluding carboxylic acids is 1. The summed E-state index contributed by atoms with van der Waals surface area (Å²) < 4.78 is 0. The van der Waals surface area contributed by atoms with E-state index < -0.39 is 0 Å². The monoisotopic (exact) mass is 265 g/mol. The Labute approximate surface area is 111 Å². The van der Waals surface area contributed by atoms with Crippen molar-refractivity contribution in [3.05, 3.63) is 21.4 Å². The Morgan fingerprint density at radius 2 is 2.33 bits per heavy atom. The Balaban J connectivity index is 1.79. The summed E-state index contributed by atoms with van der Waals surface area (Å²) in [5, 5.41) is 9.50.